The fourth-order valence-corrected chi connectivity index (χ4v) is 1.27. The average Bonchev–Trinajstić information content (AvgIpc) is 2.13. The van der Waals surface area contributed by atoms with Gasteiger partial charge in [0.1, 0.15) is 0 Å². The van der Waals surface area contributed by atoms with Crippen LogP contribution >= 0.6 is 35.0 Å². The van der Waals surface area contributed by atoms with Gasteiger partial charge < -0.3 is 29.7 Å². The van der Waals surface area contributed by atoms with Crippen molar-refractivity contribution < 1.29 is 24.0 Å². The molecule has 2 N–H and O–H groups in total. The fraction of sp³-hybridized carbons (Fsp3) is 0.125. The molecule has 0 unspecified atom stereocenters. The van der Waals surface area contributed by atoms with Crippen molar-refractivity contribution in [2.24, 2.45) is 10.7 Å². The second-order valence-electron chi connectivity index (χ2n) is 2.23. The zero-order valence-corrected chi connectivity index (χ0v) is 11.8. The van der Waals surface area contributed by atoms with Gasteiger partial charge in [0.25, 0.3) is 0 Å². The van der Waals surface area contributed by atoms with Gasteiger partial charge in [0.05, 0.1) is 15.7 Å². The molecule has 0 amide bonds. The smallest absolute Gasteiger partial charge is 0.158 e. The second kappa shape index (κ2) is 6.76. The van der Waals surface area contributed by atoms with E-state index in [0.717, 1.165) is 0 Å². The van der Waals surface area contributed by atoms with Gasteiger partial charge >= 0.3 is 0 Å². The zero-order chi connectivity index (χ0) is 9.84. The van der Waals surface area contributed by atoms with Gasteiger partial charge in [-0.05, 0) is 18.4 Å². The highest BCUT2D eigenvalue weighted by molar-refractivity contribution is 8.13. The summed E-state index contributed by atoms with van der Waals surface area (Å²) in [5.74, 6) is 0. The van der Waals surface area contributed by atoms with Crippen molar-refractivity contribution in [3.8, 4) is 0 Å². The van der Waals surface area contributed by atoms with E-state index in [-0.39, 0.29) is 24.0 Å². The van der Waals surface area contributed by atoms with Gasteiger partial charge in [-0.25, -0.2) is 4.99 Å². The molecule has 0 aliphatic rings. The molecule has 1 rings (SSSR count). The second-order valence-corrected chi connectivity index (χ2v) is 3.84. The number of thioether (sulfide) groups is 1. The predicted octanol–water partition coefficient (Wildman–Crippen LogP) is 0.307. The normalized spacial score (nSPS) is 10.9. The lowest BCUT2D eigenvalue weighted by Crippen LogP contribution is -3.00. The van der Waals surface area contributed by atoms with E-state index in [0.29, 0.717) is 20.9 Å². The highest BCUT2D eigenvalue weighted by Crippen LogP contribution is 2.31. The summed E-state index contributed by atoms with van der Waals surface area (Å²) in [5.41, 5.74) is 6.13. The number of halogens is 3. The van der Waals surface area contributed by atoms with E-state index in [1.165, 1.54) is 11.8 Å². The molecular weight excluding hydrogens is 354 g/mol. The molecule has 0 heterocycles. The summed E-state index contributed by atoms with van der Waals surface area (Å²) in [5, 5.41) is 1.38. The van der Waals surface area contributed by atoms with Crippen molar-refractivity contribution in [3.05, 3.63) is 28.2 Å². The lowest BCUT2D eigenvalue weighted by atomic mass is 10.3. The quantitative estimate of drug-likeness (QED) is 0.444. The lowest BCUT2D eigenvalue weighted by Gasteiger charge is -2.00. The highest BCUT2D eigenvalue weighted by atomic mass is 127. The molecule has 0 saturated heterocycles. The largest absolute Gasteiger partial charge is 1.00 e. The first-order chi connectivity index (χ1) is 6.15. The van der Waals surface area contributed by atoms with Gasteiger partial charge in [0, 0.05) is 0 Å². The number of amidine groups is 1. The van der Waals surface area contributed by atoms with Crippen molar-refractivity contribution in [2.45, 2.75) is 0 Å². The van der Waals surface area contributed by atoms with Crippen LogP contribution in [0, 0.1) is 0 Å². The molecule has 0 saturated carbocycles. The molecule has 1 aromatic carbocycles. The van der Waals surface area contributed by atoms with Crippen molar-refractivity contribution in [1.82, 2.24) is 0 Å². The number of hydrogen-bond acceptors (Lipinski definition) is 2. The molecule has 0 fully saturated rings. The van der Waals surface area contributed by atoms with E-state index in [1.54, 1.807) is 18.2 Å². The van der Waals surface area contributed by atoms with Crippen LogP contribution in [0.3, 0.4) is 0 Å². The lowest BCUT2D eigenvalue weighted by molar-refractivity contribution is -0.00000258. The van der Waals surface area contributed by atoms with Crippen LogP contribution in [-0.4, -0.2) is 11.4 Å². The minimum atomic E-state index is 0. The summed E-state index contributed by atoms with van der Waals surface area (Å²) in [6, 6.07) is 5.25. The number of nitrogens with zero attached hydrogens (tertiary/aromatic N) is 1. The van der Waals surface area contributed by atoms with E-state index >= 15 is 0 Å². The Labute approximate surface area is 114 Å². The molecule has 0 aliphatic carbocycles. The molecule has 1 aromatic rings. The van der Waals surface area contributed by atoms with E-state index in [9.17, 15) is 0 Å². The van der Waals surface area contributed by atoms with E-state index in [2.05, 4.69) is 4.99 Å². The van der Waals surface area contributed by atoms with Crippen LogP contribution in [0.25, 0.3) is 0 Å². The first kappa shape index (κ1) is 14.3. The predicted molar refractivity (Wildman–Crippen MR) is 61.3 cm³/mol. The van der Waals surface area contributed by atoms with Crippen LogP contribution in [0.4, 0.5) is 5.69 Å². The summed E-state index contributed by atoms with van der Waals surface area (Å²) in [6.07, 6.45) is 1.84. The first-order valence-corrected chi connectivity index (χ1v) is 5.45. The third kappa shape index (κ3) is 3.84. The van der Waals surface area contributed by atoms with Gasteiger partial charge in [0.15, 0.2) is 5.17 Å². The molecule has 2 nitrogen and oxygen atoms in total. The molecular formula is C8H8Cl2IN2S-. The van der Waals surface area contributed by atoms with Crippen molar-refractivity contribution in [3.63, 3.8) is 0 Å². The van der Waals surface area contributed by atoms with Gasteiger partial charge in [-0.3, -0.25) is 0 Å². The highest BCUT2D eigenvalue weighted by Gasteiger charge is 2.02. The Morgan fingerprint density at radius 3 is 2.64 bits per heavy atom. The van der Waals surface area contributed by atoms with E-state index in [4.69, 9.17) is 28.9 Å². The summed E-state index contributed by atoms with van der Waals surface area (Å²) >= 11 is 13.0. The van der Waals surface area contributed by atoms with Crippen molar-refractivity contribution >= 4 is 45.8 Å². The van der Waals surface area contributed by atoms with Crippen molar-refractivity contribution in [2.75, 3.05) is 6.26 Å². The Bertz CT molecular complexity index is 344. The van der Waals surface area contributed by atoms with Crippen LogP contribution in [0.5, 0.6) is 0 Å². The Hall–Kier alpha value is 0.350. The number of rotatable bonds is 1. The van der Waals surface area contributed by atoms with Crippen LogP contribution in [-0.2, 0) is 0 Å². The number of aliphatic imine (C=N–C) groups is 1. The number of nitrogens with two attached hydrogens (primary N) is 1. The maximum Gasteiger partial charge on any atom is 0.158 e. The Balaban J connectivity index is 0.00000169. The van der Waals surface area contributed by atoms with Crippen LogP contribution in [0.15, 0.2) is 23.2 Å². The topological polar surface area (TPSA) is 38.4 Å². The Morgan fingerprint density at radius 1 is 1.43 bits per heavy atom. The first-order valence-electron chi connectivity index (χ1n) is 3.47. The van der Waals surface area contributed by atoms with E-state index in [1.807, 2.05) is 6.26 Å². The third-order valence-corrected chi connectivity index (χ3v) is 2.69. The van der Waals surface area contributed by atoms with Gasteiger partial charge in [-0.2, -0.15) is 0 Å². The number of benzene rings is 1. The summed E-state index contributed by atoms with van der Waals surface area (Å²) in [7, 11) is 0. The van der Waals surface area contributed by atoms with Crippen molar-refractivity contribution in [1.29, 1.82) is 0 Å². The Kier molecular flexibility index (Phi) is 6.93. The molecule has 78 valence electrons. The molecule has 0 aliphatic heterocycles. The monoisotopic (exact) mass is 361 g/mol. The number of hydrogen-bond donors (Lipinski definition) is 1. The molecule has 6 heteroatoms. The summed E-state index contributed by atoms with van der Waals surface area (Å²) in [4.78, 5) is 4.08. The van der Waals surface area contributed by atoms with Gasteiger partial charge in [-0.1, -0.05) is 41.0 Å². The Morgan fingerprint density at radius 2 is 2.07 bits per heavy atom. The molecule has 0 aromatic heterocycles. The summed E-state index contributed by atoms with van der Waals surface area (Å²) < 4.78 is 0. The minimum absolute atomic E-state index is 0. The summed E-state index contributed by atoms with van der Waals surface area (Å²) in [6.45, 7) is 0. The fourth-order valence-electron chi connectivity index (χ4n) is 0.743. The van der Waals surface area contributed by atoms with Gasteiger partial charge in [-0.15, -0.1) is 0 Å². The van der Waals surface area contributed by atoms with E-state index < -0.39 is 0 Å². The molecule has 0 radical (unpaired) electrons. The molecule has 0 spiro atoms. The molecule has 0 bridgehead atoms. The third-order valence-electron chi connectivity index (χ3n) is 1.37. The van der Waals surface area contributed by atoms with Crippen LogP contribution in [0.2, 0.25) is 10.0 Å². The maximum atomic E-state index is 5.89. The standard InChI is InChI=1S/C8H8Cl2N2S.HI/c1-13-8(11)12-6-4-2-3-5(9)7(6)10;/h2-4H,1H3,(H2,11,12);1H/p-1. The molecule has 14 heavy (non-hydrogen) atoms. The molecule has 0 atom stereocenters. The maximum absolute atomic E-state index is 5.89. The minimum Gasteiger partial charge on any atom is -1.00 e. The average molecular weight is 362 g/mol. The van der Waals surface area contributed by atoms with Crippen LogP contribution in [0.1, 0.15) is 0 Å². The van der Waals surface area contributed by atoms with Gasteiger partial charge in [0.2, 0.25) is 0 Å². The zero-order valence-electron chi connectivity index (χ0n) is 7.30. The van der Waals surface area contributed by atoms with Crippen LogP contribution < -0.4 is 29.7 Å². The SMILES string of the molecule is CSC(N)=Nc1cccc(Cl)c1Cl.[I-].